The molecule has 1 atom stereocenters. The van der Waals surface area contributed by atoms with Crippen molar-refractivity contribution in [2.24, 2.45) is 11.8 Å². The number of aryl methyl sites for hydroxylation is 1. The minimum Gasteiger partial charge on any atom is -1.00 e. The average Bonchev–Trinajstić information content (AvgIpc) is 2.72. The lowest BCUT2D eigenvalue weighted by atomic mass is 9.88. The van der Waals surface area contributed by atoms with Crippen LogP contribution in [-0.4, -0.2) is 43.1 Å². The fourth-order valence-electron chi connectivity index (χ4n) is 4.49. The third-order valence-electron chi connectivity index (χ3n) is 6.74. The molecular formula is C26H35Cl3N2O. The standard InChI is InChI=1S/C26H34Cl2N2O.ClH/c1-18(2)25(29-26(31)22-8-5-19(3)6-9-22)17-30(4)13-11-20(12-14-30)15-21-7-10-23(27)24(28)16-21;/h5-10,16,18,20,25H,11-15,17H2,1-4H3;1H/t20?,25-,30?;/m0./s1. The van der Waals surface area contributed by atoms with E-state index in [2.05, 4.69) is 32.3 Å². The van der Waals surface area contributed by atoms with Crippen LogP contribution in [0.5, 0.6) is 0 Å². The van der Waals surface area contributed by atoms with E-state index in [0.717, 1.165) is 36.1 Å². The van der Waals surface area contributed by atoms with Gasteiger partial charge in [0.05, 0.1) is 42.8 Å². The summed E-state index contributed by atoms with van der Waals surface area (Å²) in [5, 5.41) is 4.56. The molecule has 1 aliphatic rings. The fraction of sp³-hybridized carbons (Fsp3) is 0.500. The van der Waals surface area contributed by atoms with Gasteiger partial charge in [-0.1, -0.05) is 60.8 Å². The zero-order chi connectivity index (χ0) is 22.6. The predicted molar refractivity (Wildman–Crippen MR) is 131 cm³/mol. The van der Waals surface area contributed by atoms with Gasteiger partial charge in [-0.2, -0.15) is 0 Å². The van der Waals surface area contributed by atoms with Crippen molar-refractivity contribution in [1.29, 1.82) is 0 Å². The molecule has 0 bridgehead atoms. The van der Waals surface area contributed by atoms with E-state index in [-0.39, 0.29) is 24.4 Å². The van der Waals surface area contributed by atoms with Crippen molar-refractivity contribution in [2.75, 3.05) is 26.7 Å². The Balaban J connectivity index is 0.00000363. The number of nitrogens with one attached hydrogen (secondary N) is 1. The number of hydrogen-bond acceptors (Lipinski definition) is 1. The number of carbonyl (C=O) groups excluding carboxylic acids is 1. The second kappa shape index (κ2) is 11.7. The number of likely N-dealkylation sites (N-methyl/N-ethyl adjacent to an activating group) is 1. The second-order valence-corrected chi connectivity index (χ2v) is 10.6. The van der Waals surface area contributed by atoms with E-state index in [9.17, 15) is 4.79 Å². The molecule has 3 nitrogen and oxygen atoms in total. The van der Waals surface area contributed by atoms with E-state index >= 15 is 0 Å². The maximum Gasteiger partial charge on any atom is 0.251 e. The third-order valence-corrected chi connectivity index (χ3v) is 7.47. The summed E-state index contributed by atoms with van der Waals surface area (Å²) in [4.78, 5) is 12.8. The molecule has 1 fully saturated rings. The fourth-order valence-corrected chi connectivity index (χ4v) is 4.81. The molecule has 176 valence electrons. The highest BCUT2D eigenvalue weighted by atomic mass is 35.5. The first-order valence-electron chi connectivity index (χ1n) is 11.3. The van der Waals surface area contributed by atoms with Crippen molar-refractivity contribution in [3.05, 3.63) is 69.2 Å². The van der Waals surface area contributed by atoms with Gasteiger partial charge in [-0.15, -0.1) is 0 Å². The van der Waals surface area contributed by atoms with Gasteiger partial charge in [-0.05, 0) is 67.9 Å². The number of piperidine rings is 1. The number of amides is 1. The van der Waals surface area contributed by atoms with Crippen molar-refractivity contribution in [2.45, 2.75) is 46.1 Å². The monoisotopic (exact) mass is 496 g/mol. The molecule has 0 radical (unpaired) electrons. The van der Waals surface area contributed by atoms with Crippen LogP contribution < -0.4 is 17.7 Å². The number of likely N-dealkylation sites (tertiary alicyclic amines) is 1. The van der Waals surface area contributed by atoms with E-state index in [1.807, 2.05) is 43.3 Å². The summed E-state index contributed by atoms with van der Waals surface area (Å²) in [6.45, 7) is 9.67. The molecule has 1 heterocycles. The molecule has 3 rings (SSSR count). The van der Waals surface area contributed by atoms with Gasteiger partial charge >= 0.3 is 0 Å². The Labute approximate surface area is 209 Å². The average molecular weight is 498 g/mol. The molecule has 0 aromatic heterocycles. The first-order chi connectivity index (χ1) is 14.6. The first kappa shape index (κ1) is 27.0. The number of nitrogens with zero attached hydrogens (tertiary/aromatic N) is 1. The molecule has 2 aromatic rings. The van der Waals surface area contributed by atoms with Crippen molar-refractivity contribution < 1.29 is 21.7 Å². The normalized spacial score (nSPS) is 21.7. The third kappa shape index (κ3) is 7.38. The zero-order valence-corrected chi connectivity index (χ0v) is 21.8. The molecule has 2 aromatic carbocycles. The van der Waals surface area contributed by atoms with Gasteiger partial charge < -0.3 is 22.2 Å². The molecule has 1 amide bonds. The first-order valence-corrected chi connectivity index (χ1v) is 12.1. The topological polar surface area (TPSA) is 29.1 Å². The molecule has 0 spiro atoms. The molecule has 0 aliphatic carbocycles. The van der Waals surface area contributed by atoms with Gasteiger partial charge in [-0.3, -0.25) is 4.79 Å². The maximum atomic E-state index is 12.8. The molecule has 0 unspecified atom stereocenters. The quantitative estimate of drug-likeness (QED) is 0.585. The van der Waals surface area contributed by atoms with Crippen LogP contribution in [0.2, 0.25) is 10.0 Å². The SMILES string of the molecule is Cc1ccc(C(=O)N[C@@H](C[N+]2(C)CCC(Cc3ccc(Cl)c(Cl)c3)CC2)C(C)C)cc1.[Cl-]. The van der Waals surface area contributed by atoms with Crippen LogP contribution in [0.4, 0.5) is 0 Å². The van der Waals surface area contributed by atoms with E-state index in [1.165, 1.54) is 24.0 Å². The van der Waals surface area contributed by atoms with Crippen LogP contribution in [0.15, 0.2) is 42.5 Å². The Hall–Kier alpha value is -1.26. The predicted octanol–water partition coefficient (Wildman–Crippen LogP) is 3.16. The lowest BCUT2D eigenvalue weighted by molar-refractivity contribution is -0.916. The largest absolute Gasteiger partial charge is 1.00 e. The lowest BCUT2D eigenvalue weighted by Gasteiger charge is -2.43. The second-order valence-electron chi connectivity index (χ2n) is 9.84. The molecule has 0 saturated carbocycles. The number of carbonyl (C=O) groups is 1. The summed E-state index contributed by atoms with van der Waals surface area (Å²) < 4.78 is 1.01. The molecule has 1 aliphatic heterocycles. The van der Waals surface area contributed by atoms with E-state index in [1.54, 1.807) is 0 Å². The summed E-state index contributed by atoms with van der Waals surface area (Å²) >= 11 is 12.2. The molecule has 6 heteroatoms. The van der Waals surface area contributed by atoms with Crippen molar-refractivity contribution in [3.63, 3.8) is 0 Å². The van der Waals surface area contributed by atoms with Gasteiger partial charge in [0, 0.05) is 5.56 Å². The minimum absolute atomic E-state index is 0. The van der Waals surface area contributed by atoms with Crippen LogP contribution in [-0.2, 0) is 6.42 Å². The summed E-state index contributed by atoms with van der Waals surface area (Å²) in [6.07, 6.45) is 3.43. The summed E-state index contributed by atoms with van der Waals surface area (Å²) in [7, 11) is 2.34. The minimum atomic E-state index is 0. The summed E-state index contributed by atoms with van der Waals surface area (Å²) in [6, 6.07) is 13.9. The number of hydrogen-bond donors (Lipinski definition) is 1. The summed E-state index contributed by atoms with van der Waals surface area (Å²) in [5.74, 6) is 1.08. The number of quaternary nitrogens is 1. The highest BCUT2D eigenvalue weighted by Crippen LogP contribution is 2.29. The zero-order valence-electron chi connectivity index (χ0n) is 19.5. The van der Waals surface area contributed by atoms with Crippen LogP contribution in [0.25, 0.3) is 0 Å². The Morgan fingerprint density at radius 3 is 2.25 bits per heavy atom. The van der Waals surface area contributed by atoms with E-state index < -0.39 is 0 Å². The van der Waals surface area contributed by atoms with Crippen LogP contribution in [0.1, 0.15) is 48.2 Å². The van der Waals surface area contributed by atoms with Gasteiger partial charge in [0.1, 0.15) is 0 Å². The number of rotatable bonds is 7. The van der Waals surface area contributed by atoms with E-state index in [4.69, 9.17) is 23.2 Å². The Kier molecular flexibility index (Phi) is 9.90. The number of halogens is 3. The van der Waals surface area contributed by atoms with Crippen LogP contribution in [0.3, 0.4) is 0 Å². The van der Waals surface area contributed by atoms with Gasteiger partial charge in [0.15, 0.2) is 0 Å². The van der Waals surface area contributed by atoms with Crippen molar-refractivity contribution >= 4 is 29.1 Å². The Morgan fingerprint density at radius 2 is 1.69 bits per heavy atom. The highest BCUT2D eigenvalue weighted by Gasteiger charge is 2.34. The maximum absolute atomic E-state index is 12.8. The van der Waals surface area contributed by atoms with Gasteiger partial charge in [0.2, 0.25) is 0 Å². The van der Waals surface area contributed by atoms with Crippen molar-refractivity contribution in [1.82, 2.24) is 5.32 Å². The molecule has 1 saturated heterocycles. The van der Waals surface area contributed by atoms with Gasteiger partial charge in [0.25, 0.3) is 5.91 Å². The smallest absolute Gasteiger partial charge is 0.251 e. The summed E-state index contributed by atoms with van der Waals surface area (Å²) in [5.41, 5.74) is 3.17. The van der Waals surface area contributed by atoms with Crippen LogP contribution in [0, 0.1) is 18.8 Å². The lowest BCUT2D eigenvalue weighted by Crippen LogP contribution is -3.00. The van der Waals surface area contributed by atoms with Gasteiger partial charge in [-0.25, -0.2) is 0 Å². The Morgan fingerprint density at radius 1 is 1.06 bits per heavy atom. The van der Waals surface area contributed by atoms with E-state index in [0.29, 0.717) is 21.9 Å². The molecule has 1 N–H and O–H groups in total. The highest BCUT2D eigenvalue weighted by molar-refractivity contribution is 6.42. The number of benzene rings is 2. The van der Waals surface area contributed by atoms with Crippen LogP contribution >= 0.6 is 23.2 Å². The molecular weight excluding hydrogens is 463 g/mol. The van der Waals surface area contributed by atoms with Crippen molar-refractivity contribution in [3.8, 4) is 0 Å². The Bertz CT molecular complexity index is 890. The molecule has 32 heavy (non-hydrogen) atoms.